The van der Waals surface area contributed by atoms with Gasteiger partial charge in [0.2, 0.25) is 0 Å². The first kappa shape index (κ1) is 73.3. The maximum Gasteiger partial charge on any atom is 0.192 e. The molecule has 0 amide bonds. The molecule has 7 nitrogen and oxygen atoms in total. The normalized spacial score (nSPS) is 17.6. The summed E-state index contributed by atoms with van der Waals surface area (Å²) < 4.78 is 41.9. The fourth-order valence-electron chi connectivity index (χ4n) is 10.4. The molecule has 85 heavy (non-hydrogen) atoms. The van der Waals surface area contributed by atoms with Gasteiger partial charge in [0, 0.05) is 18.3 Å². The van der Waals surface area contributed by atoms with Crippen LogP contribution in [0, 0.1) is 35.5 Å². The van der Waals surface area contributed by atoms with Gasteiger partial charge in [-0.05, 0) is 119 Å². The van der Waals surface area contributed by atoms with Crippen LogP contribution in [0.5, 0.6) is 5.75 Å². The molecular formula is C75H116O7Si3. The van der Waals surface area contributed by atoms with Crippen molar-refractivity contribution >= 4 is 25.0 Å². The molecule has 0 aliphatic heterocycles. The smallest absolute Gasteiger partial charge is 0.192 e. The van der Waals surface area contributed by atoms with Gasteiger partial charge in [-0.25, -0.2) is 0 Å². The highest BCUT2D eigenvalue weighted by atomic mass is 28.4. The molecule has 0 saturated carbocycles. The second-order valence-corrected chi connectivity index (χ2v) is 43.3. The number of benzene rings is 4. The SMILES string of the molecule is C=C/C=C\[C@H](C)[C@H](OCc1ccc(OC)cc1)[C@@H](C)[C@H](O)/C=C/[C@@H](C)C[C@H](C)[C@@H](O[Si](C)(C)C(C)(C)C)[C@@H](C)/C=C\[C@H](C[C@H](O[Si](C)(C)C(C)(C)C)[C@H](C)/C=C/COC(c1ccccc1)(c1ccccc1)c1ccccc1)O[Si](C)(C)C(C)(C)C. The van der Waals surface area contributed by atoms with E-state index in [0.717, 1.165) is 34.4 Å². The summed E-state index contributed by atoms with van der Waals surface area (Å²) in [4.78, 5) is 0. The molecule has 0 bridgehead atoms. The quantitative estimate of drug-likeness (QED) is 0.0220. The molecule has 0 unspecified atom stereocenters. The molecule has 0 radical (unpaired) electrons. The highest BCUT2D eigenvalue weighted by Crippen LogP contribution is 2.44. The summed E-state index contributed by atoms with van der Waals surface area (Å²) in [7, 11) is -5.14. The van der Waals surface area contributed by atoms with Gasteiger partial charge in [0.1, 0.15) is 11.4 Å². The molecule has 0 spiro atoms. The predicted octanol–water partition coefficient (Wildman–Crippen LogP) is 20.1. The number of allylic oxidation sites excluding steroid dienone is 3. The molecule has 0 heterocycles. The van der Waals surface area contributed by atoms with Gasteiger partial charge in [0.05, 0.1) is 50.8 Å². The lowest BCUT2D eigenvalue weighted by Gasteiger charge is -2.44. The van der Waals surface area contributed by atoms with Crippen LogP contribution in [0.2, 0.25) is 54.4 Å². The van der Waals surface area contributed by atoms with Crippen molar-refractivity contribution in [2.75, 3.05) is 13.7 Å². The Morgan fingerprint density at radius 3 is 1.46 bits per heavy atom. The molecule has 11 atom stereocenters. The summed E-state index contributed by atoms with van der Waals surface area (Å²) in [5, 5.41) is 11.8. The van der Waals surface area contributed by atoms with E-state index in [9.17, 15) is 5.11 Å². The molecule has 0 aliphatic carbocycles. The van der Waals surface area contributed by atoms with Gasteiger partial charge in [-0.2, -0.15) is 0 Å². The van der Waals surface area contributed by atoms with E-state index in [1.807, 2.05) is 36.4 Å². The third-order valence-electron chi connectivity index (χ3n) is 19.0. The Labute approximate surface area is 522 Å². The molecule has 0 saturated heterocycles. The van der Waals surface area contributed by atoms with Crippen molar-refractivity contribution in [1.29, 1.82) is 0 Å². The van der Waals surface area contributed by atoms with Crippen LogP contribution < -0.4 is 4.74 Å². The zero-order chi connectivity index (χ0) is 63.6. The lowest BCUT2D eigenvalue weighted by Crippen LogP contribution is -2.48. The standard InChI is InChI=1S/C75H116O7Si3/c1-24-25-36-58(4)71(78-55-62-46-49-66(77-17)50-47-62)61(7)68(76)51-44-56(2)53-60(6)70(82-85(22,23)74(14,15)16)59(5)45-48-67(80-83(18,19)72(8,9)10)54-69(81-84(20,21)73(11,12)13)57(3)37-35-52-79-75(63-38-29-26-30-39-63,64-40-31-27-32-41-64)65-42-33-28-34-43-65/h24-51,56-61,67-71,76H,1,52-55H2,2-23H3/b36-25-,37-35+,48-45-,51-44+/t56-,57-,58+,59+,60+,61+,67-,68-,69+,70+,71+/m1/s1. The van der Waals surface area contributed by atoms with Crippen molar-refractivity contribution in [3.63, 3.8) is 0 Å². The third-order valence-corrected chi connectivity index (χ3v) is 32.5. The van der Waals surface area contributed by atoms with E-state index in [2.05, 4.69) is 277 Å². The van der Waals surface area contributed by atoms with Crippen LogP contribution in [-0.2, 0) is 35.0 Å². The predicted molar refractivity (Wildman–Crippen MR) is 370 cm³/mol. The van der Waals surface area contributed by atoms with Crippen LogP contribution in [0.1, 0.15) is 139 Å². The van der Waals surface area contributed by atoms with Gasteiger partial charge in [0.15, 0.2) is 25.0 Å². The molecule has 470 valence electrons. The minimum absolute atomic E-state index is 0.00234. The topological polar surface area (TPSA) is 75.6 Å². The molecule has 0 aliphatic rings. The van der Waals surface area contributed by atoms with E-state index < -0.39 is 36.7 Å². The molecule has 0 fully saturated rings. The summed E-state index contributed by atoms with van der Waals surface area (Å²) in [5.74, 6) is 1.21. The third kappa shape index (κ3) is 21.2. The summed E-state index contributed by atoms with van der Waals surface area (Å²) in [6.07, 6.45) is 19.6. The summed E-state index contributed by atoms with van der Waals surface area (Å²) in [6, 6.07) is 39.8. The minimum atomic E-state index is -2.30. The van der Waals surface area contributed by atoms with Crippen molar-refractivity contribution in [3.8, 4) is 5.75 Å². The second-order valence-electron chi connectivity index (χ2n) is 29.1. The van der Waals surface area contributed by atoms with Crippen molar-refractivity contribution < 1.29 is 32.6 Å². The number of aliphatic hydroxyl groups is 1. The lowest BCUT2D eigenvalue weighted by molar-refractivity contribution is -0.0451. The molecule has 4 aromatic rings. The fourth-order valence-corrected chi connectivity index (χ4v) is 14.6. The zero-order valence-corrected chi connectivity index (χ0v) is 59.9. The van der Waals surface area contributed by atoms with Crippen LogP contribution in [0.25, 0.3) is 0 Å². The second kappa shape index (κ2) is 32.3. The Morgan fingerprint density at radius 2 is 0.988 bits per heavy atom. The van der Waals surface area contributed by atoms with Crippen LogP contribution >= 0.6 is 0 Å². The summed E-state index contributed by atoms with van der Waals surface area (Å²) in [5.41, 5.74) is 3.48. The van der Waals surface area contributed by atoms with Gasteiger partial charge < -0.3 is 32.6 Å². The zero-order valence-electron chi connectivity index (χ0n) is 56.9. The number of ether oxygens (including phenoxy) is 3. The average molecular weight is 1210 g/mol. The summed E-state index contributed by atoms with van der Waals surface area (Å²) >= 11 is 0. The first-order valence-electron chi connectivity index (χ1n) is 31.7. The Kier molecular flexibility index (Phi) is 27.9. The first-order chi connectivity index (χ1) is 39.6. The first-order valence-corrected chi connectivity index (χ1v) is 40.4. The van der Waals surface area contributed by atoms with E-state index in [0.29, 0.717) is 19.6 Å². The fraction of sp³-hybridized carbons (Fsp3) is 0.547. The van der Waals surface area contributed by atoms with E-state index in [4.69, 9.17) is 27.5 Å². The van der Waals surface area contributed by atoms with Gasteiger partial charge in [-0.3, -0.25) is 0 Å². The molecule has 1 N–H and O–H groups in total. The molecule has 0 aromatic heterocycles. The monoisotopic (exact) mass is 1210 g/mol. The van der Waals surface area contributed by atoms with Crippen molar-refractivity contribution in [2.45, 2.75) is 214 Å². The van der Waals surface area contributed by atoms with Crippen molar-refractivity contribution in [1.82, 2.24) is 0 Å². The van der Waals surface area contributed by atoms with Crippen LogP contribution in [0.15, 0.2) is 177 Å². The Morgan fingerprint density at radius 1 is 0.518 bits per heavy atom. The van der Waals surface area contributed by atoms with E-state index in [-0.39, 0.29) is 75.0 Å². The average Bonchev–Trinajstić information content (AvgIpc) is 2.62. The number of rotatable bonds is 33. The number of aliphatic hydroxyl groups excluding tert-OH is 1. The number of methoxy groups -OCH3 is 1. The van der Waals surface area contributed by atoms with Crippen molar-refractivity contribution in [2.24, 2.45) is 35.5 Å². The van der Waals surface area contributed by atoms with Crippen LogP contribution in [0.4, 0.5) is 0 Å². The van der Waals surface area contributed by atoms with E-state index in [1.54, 1.807) is 13.2 Å². The van der Waals surface area contributed by atoms with Crippen molar-refractivity contribution in [3.05, 3.63) is 199 Å². The largest absolute Gasteiger partial charge is 0.497 e. The Bertz CT molecular complexity index is 2580. The molecule has 10 heteroatoms. The maximum absolute atomic E-state index is 11.8. The minimum Gasteiger partial charge on any atom is -0.497 e. The van der Waals surface area contributed by atoms with Gasteiger partial charge >= 0.3 is 0 Å². The highest BCUT2D eigenvalue weighted by Gasteiger charge is 2.45. The van der Waals surface area contributed by atoms with Gasteiger partial charge in [-0.15, -0.1) is 0 Å². The van der Waals surface area contributed by atoms with Crippen LogP contribution in [0.3, 0.4) is 0 Å². The summed E-state index contributed by atoms with van der Waals surface area (Å²) in [6.45, 7) is 53.4. The van der Waals surface area contributed by atoms with E-state index in [1.165, 1.54) is 0 Å². The Hall–Kier alpha value is -4.21. The van der Waals surface area contributed by atoms with E-state index >= 15 is 0 Å². The Balaban J connectivity index is 1.68. The highest BCUT2D eigenvalue weighted by molar-refractivity contribution is 6.75. The lowest BCUT2D eigenvalue weighted by atomic mass is 9.80. The van der Waals surface area contributed by atoms with Gasteiger partial charge in [-0.1, -0.05) is 268 Å². The number of hydrogen-bond acceptors (Lipinski definition) is 7. The molecule has 4 rings (SSSR count). The molecular weight excluding hydrogens is 1100 g/mol. The maximum atomic E-state index is 11.8. The van der Waals surface area contributed by atoms with Gasteiger partial charge in [0.25, 0.3) is 0 Å². The van der Waals surface area contributed by atoms with Crippen LogP contribution in [-0.4, -0.2) is 74.3 Å². The molecule has 4 aromatic carbocycles. The number of hydrogen-bond donors (Lipinski definition) is 1.